The first-order valence-corrected chi connectivity index (χ1v) is 7.39. The molecule has 2 rings (SSSR count). The van der Waals surface area contributed by atoms with Crippen LogP contribution in [-0.4, -0.2) is 12.2 Å². The van der Waals surface area contributed by atoms with Crippen molar-refractivity contribution in [3.8, 4) is 0 Å². The highest BCUT2D eigenvalue weighted by Gasteiger charge is 2.13. The lowest BCUT2D eigenvalue weighted by Crippen LogP contribution is -2.08. The van der Waals surface area contributed by atoms with E-state index in [1.807, 2.05) is 17.5 Å². The van der Waals surface area contributed by atoms with Gasteiger partial charge in [-0.1, -0.05) is 29.3 Å². The first-order valence-electron chi connectivity index (χ1n) is 5.76. The Bertz CT molecular complexity index is 626. The van der Waals surface area contributed by atoms with Gasteiger partial charge in [0, 0.05) is 11.9 Å². The lowest BCUT2D eigenvalue weighted by Gasteiger charge is -2.10. The Balaban J connectivity index is 2.22. The molecule has 104 valence electrons. The van der Waals surface area contributed by atoms with Crippen LogP contribution in [0.5, 0.6) is 0 Å². The average Bonchev–Trinajstić information content (AvgIpc) is 2.89. The number of esters is 1. The maximum atomic E-state index is 11.1. The summed E-state index contributed by atoms with van der Waals surface area (Å²) in [6.07, 6.45) is 1.04. The minimum Gasteiger partial charge on any atom is -0.451 e. The standard InChI is InChI=1S/C14H11Cl2NO2S/c1-9(18)19-13(14-3-2-6-20-14)8-17-12-5-4-10(15)7-11(12)16/h2-8,13H,1H3. The maximum absolute atomic E-state index is 11.1. The van der Waals surface area contributed by atoms with E-state index in [1.54, 1.807) is 24.4 Å². The molecule has 20 heavy (non-hydrogen) atoms. The van der Waals surface area contributed by atoms with E-state index in [0.29, 0.717) is 15.7 Å². The van der Waals surface area contributed by atoms with E-state index in [9.17, 15) is 4.79 Å². The fraction of sp³-hybridized carbons (Fsp3) is 0.143. The number of halogens is 2. The van der Waals surface area contributed by atoms with E-state index in [2.05, 4.69) is 4.99 Å². The third-order valence-electron chi connectivity index (χ3n) is 2.38. The second kappa shape index (κ2) is 6.88. The molecular formula is C14H11Cl2NO2S. The molecule has 0 aliphatic carbocycles. The van der Waals surface area contributed by atoms with Gasteiger partial charge in [-0.05, 0) is 29.6 Å². The number of hydrogen-bond donors (Lipinski definition) is 0. The van der Waals surface area contributed by atoms with E-state index in [1.165, 1.54) is 18.3 Å². The zero-order valence-electron chi connectivity index (χ0n) is 10.5. The van der Waals surface area contributed by atoms with Crippen molar-refractivity contribution in [2.75, 3.05) is 0 Å². The Morgan fingerprint density at radius 2 is 2.20 bits per heavy atom. The molecule has 0 aliphatic heterocycles. The van der Waals surface area contributed by atoms with Crippen LogP contribution in [0.25, 0.3) is 0 Å². The van der Waals surface area contributed by atoms with Gasteiger partial charge in [0.1, 0.15) is 0 Å². The summed E-state index contributed by atoms with van der Waals surface area (Å²) in [7, 11) is 0. The molecule has 0 spiro atoms. The fourth-order valence-corrected chi connectivity index (χ4v) is 2.70. The molecule has 0 saturated carbocycles. The smallest absolute Gasteiger partial charge is 0.303 e. The second-order valence-corrected chi connectivity index (χ2v) is 5.74. The molecule has 0 saturated heterocycles. The van der Waals surface area contributed by atoms with Gasteiger partial charge in [-0.3, -0.25) is 9.79 Å². The molecule has 0 aliphatic rings. The predicted octanol–water partition coefficient (Wildman–Crippen LogP) is 5.06. The zero-order chi connectivity index (χ0) is 14.5. The highest BCUT2D eigenvalue weighted by Crippen LogP contribution is 2.29. The minimum atomic E-state index is -0.515. The zero-order valence-corrected chi connectivity index (χ0v) is 12.9. The van der Waals surface area contributed by atoms with Crippen molar-refractivity contribution in [1.29, 1.82) is 0 Å². The first-order chi connectivity index (χ1) is 9.56. The van der Waals surface area contributed by atoms with Gasteiger partial charge < -0.3 is 4.74 Å². The van der Waals surface area contributed by atoms with E-state index in [-0.39, 0.29) is 5.97 Å². The molecule has 0 N–H and O–H groups in total. The Kier molecular flexibility index (Phi) is 5.17. The monoisotopic (exact) mass is 327 g/mol. The van der Waals surface area contributed by atoms with E-state index >= 15 is 0 Å². The van der Waals surface area contributed by atoms with Crippen LogP contribution in [0.2, 0.25) is 10.0 Å². The Morgan fingerprint density at radius 1 is 1.40 bits per heavy atom. The van der Waals surface area contributed by atoms with Gasteiger partial charge in [0.15, 0.2) is 6.10 Å². The molecule has 0 fully saturated rings. The molecule has 1 aromatic heterocycles. The SMILES string of the molecule is CC(=O)OC(C=Nc1ccc(Cl)cc1Cl)c1cccs1. The quantitative estimate of drug-likeness (QED) is 0.581. The fourth-order valence-electron chi connectivity index (χ4n) is 1.53. The summed E-state index contributed by atoms with van der Waals surface area (Å²) in [4.78, 5) is 16.3. The van der Waals surface area contributed by atoms with Gasteiger partial charge in [-0.2, -0.15) is 0 Å². The summed E-state index contributed by atoms with van der Waals surface area (Å²) in [5.74, 6) is -0.364. The van der Waals surface area contributed by atoms with Gasteiger partial charge in [0.2, 0.25) is 0 Å². The van der Waals surface area contributed by atoms with Gasteiger partial charge in [0.25, 0.3) is 0 Å². The predicted molar refractivity (Wildman–Crippen MR) is 83.4 cm³/mol. The summed E-state index contributed by atoms with van der Waals surface area (Å²) in [6, 6.07) is 8.79. The van der Waals surface area contributed by atoms with Crippen LogP contribution in [0.3, 0.4) is 0 Å². The number of benzene rings is 1. The van der Waals surface area contributed by atoms with Gasteiger partial charge in [-0.25, -0.2) is 0 Å². The van der Waals surface area contributed by atoms with Crippen molar-refractivity contribution in [2.24, 2.45) is 4.99 Å². The molecule has 6 heteroatoms. The van der Waals surface area contributed by atoms with Crippen LogP contribution in [-0.2, 0) is 9.53 Å². The highest BCUT2D eigenvalue weighted by atomic mass is 35.5. The van der Waals surface area contributed by atoms with Crippen LogP contribution >= 0.6 is 34.5 Å². The normalized spacial score (nSPS) is 12.6. The van der Waals surface area contributed by atoms with Crippen LogP contribution in [0.1, 0.15) is 17.9 Å². The number of rotatable bonds is 4. The van der Waals surface area contributed by atoms with Crippen LogP contribution in [0, 0.1) is 0 Å². The Morgan fingerprint density at radius 3 is 2.80 bits per heavy atom. The van der Waals surface area contributed by atoms with Crippen LogP contribution in [0.15, 0.2) is 40.7 Å². The lowest BCUT2D eigenvalue weighted by molar-refractivity contribution is -0.143. The summed E-state index contributed by atoms with van der Waals surface area (Å²) in [6.45, 7) is 1.36. The van der Waals surface area contributed by atoms with Crippen molar-refractivity contribution < 1.29 is 9.53 Å². The minimum absolute atomic E-state index is 0.364. The summed E-state index contributed by atoms with van der Waals surface area (Å²) in [5.41, 5.74) is 0.574. The molecular weight excluding hydrogens is 317 g/mol. The number of hydrogen-bond acceptors (Lipinski definition) is 4. The third-order valence-corrected chi connectivity index (χ3v) is 3.85. The van der Waals surface area contributed by atoms with Gasteiger partial charge >= 0.3 is 5.97 Å². The maximum Gasteiger partial charge on any atom is 0.303 e. The summed E-state index contributed by atoms with van der Waals surface area (Å²) < 4.78 is 5.23. The van der Waals surface area contributed by atoms with Crippen molar-refractivity contribution in [3.63, 3.8) is 0 Å². The van der Waals surface area contributed by atoms with Crippen LogP contribution < -0.4 is 0 Å². The number of ether oxygens (including phenoxy) is 1. The molecule has 1 unspecified atom stereocenters. The van der Waals surface area contributed by atoms with Crippen molar-refractivity contribution in [3.05, 3.63) is 50.6 Å². The number of nitrogens with zero attached hydrogens (tertiary/aromatic N) is 1. The topological polar surface area (TPSA) is 38.7 Å². The summed E-state index contributed by atoms with van der Waals surface area (Å²) >= 11 is 13.4. The second-order valence-electron chi connectivity index (χ2n) is 3.92. The Labute approximate surface area is 130 Å². The van der Waals surface area contributed by atoms with E-state index in [4.69, 9.17) is 27.9 Å². The van der Waals surface area contributed by atoms with Crippen molar-refractivity contribution >= 4 is 52.4 Å². The van der Waals surface area contributed by atoms with Crippen molar-refractivity contribution in [2.45, 2.75) is 13.0 Å². The largest absolute Gasteiger partial charge is 0.451 e. The molecule has 1 atom stereocenters. The van der Waals surface area contributed by atoms with E-state index < -0.39 is 6.10 Å². The Hall–Kier alpha value is -1.36. The van der Waals surface area contributed by atoms with Gasteiger partial charge in [0.05, 0.1) is 21.8 Å². The number of thiophene rings is 1. The first kappa shape index (κ1) is 15.0. The summed E-state index contributed by atoms with van der Waals surface area (Å²) in [5, 5.41) is 2.90. The van der Waals surface area contributed by atoms with Crippen molar-refractivity contribution in [1.82, 2.24) is 0 Å². The molecule has 0 bridgehead atoms. The third kappa shape index (κ3) is 4.07. The lowest BCUT2D eigenvalue weighted by atomic mass is 10.3. The molecule has 2 aromatic rings. The average molecular weight is 328 g/mol. The molecule has 3 nitrogen and oxygen atoms in total. The molecule has 1 aromatic carbocycles. The number of carbonyl (C=O) groups is 1. The molecule has 0 radical (unpaired) electrons. The molecule has 1 heterocycles. The van der Waals surface area contributed by atoms with Crippen LogP contribution in [0.4, 0.5) is 5.69 Å². The van der Waals surface area contributed by atoms with E-state index in [0.717, 1.165) is 4.88 Å². The number of aliphatic imine (C=N–C) groups is 1. The van der Waals surface area contributed by atoms with Gasteiger partial charge in [-0.15, -0.1) is 11.3 Å². The highest BCUT2D eigenvalue weighted by molar-refractivity contribution is 7.10. The number of carbonyl (C=O) groups excluding carboxylic acids is 1. The molecule has 0 amide bonds.